The number of amides is 5. The molecule has 6 aliphatic heterocycles. The lowest BCUT2D eigenvalue weighted by Crippen LogP contribution is -2.64. The van der Waals surface area contributed by atoms with Crippen LogP contribution in [0.2, 0.25) is 0 Å². The van der Waals surface area contributed by atoms with Gasteiger partial charge in [-0.05, 0) is 103 Å². The lowest BCUT2D eigenvalue weighted by Gasteiger charge is -2.42. The van der Waals surface area contributed by atoms with Crippen LogP contribution in [0.25, 0.3) is 0 Å². The second-order valence-electron chi connectivity index (χ2n) is 28.3. The molecule has 16 N–H and O–H groups in total. The Labute approximate surface area is 645 Å². The van der Waals surface area contributed by atoms with Gasteiger partial charge in [0.1, 0.15) is 78.7 Å². The Morgan fingerprint density at radius 1 is 0.414 bits per heavy atom. The molecule has 0 saturated carbocycles. The summed E-state index contributed by atoms with van der Waals surface area (Å²) in [6, 6.07) is -3.25. The van der Waals surface area contributed by atoms with Gasteiger partial charge in [0.25, 0.3) is 0 Å². The van der Waals surface area contributed by atoms with Crippen molar-refractivity contribution in [3.05, 3.63) is 0 Å². The largest absolute Gasteiger partial charge is 0.472 e. The molecule has 5 amide bonds. The Morgan fingerprint density at radius 3 is 1.08 bits per heavy atom. The van der Waals surface area contributed by atoms with E-state index in [-0.39, 0.29) is 149 Å². The number of phosphoric ester groups is 3. The normalized spacial score (nSPS) is 29.7. The highest BCUT2D eigenvalue weighted by Gasteiger charge is 2.49. The molecule has 0 aromatic heterocycles. The van der Waals surface area contributed by atoms with Gasteiger partial charge in [-0.2, -0.15) is 0 Å². The number of unbranched alkanes of at least 4 members (excludes halogenated alkanes) is 4. The van der Waals surface area contributed by atoms with E-state index in [2.05, 4.69) is 20.9 Å². The number of hydrogen-bond acceptors (Lipinski definition) is 34. The van der Waals surface area contributed by atoms with Crippen molar-refractivity contribution in [2.24, 2.45) is 0 Å². The van der Waals surface area contributed by atoms with E-state index in [0.29, 0.717) is 58.0 Å². The number of aliphatic hydroxyl groups excluding tert-OH is 10. The van der Waals surface area contributed by atoms with Gasteiger partial charge in [-0.15, -0.1) is 0 Å². The number of nitrogens with one attached hydrogen (secondary N) is 3. The number of piperidine rings is 3. The van der Waals surface area contributed by atoms with E-state index in [1.807, 2.05) is 0 Å². The van der Waals surface area contributed by atoms with Crippen LogP contribution in [0.15, 0.2) is 0 Å². The summed E-state index contributed by atoms with van der Waals surface area (Å²) in [4.78, 5) is 98.7. The zero-order valence-corrected chi connectivity index (χ0v) is 66.0. The van der Waals surface area contributed by atoms with Gasteiger partial charge in [-0.25, -0.2) is 13.7 Å². The quantitative estimate of drug-likeness (QED) is 0.0210. The van der Waals surface area contributed by atoms with Crippen LogP contribution >= 0.6 is 23.5 Å². The van der Waals surface area contributed by atoms with E-state index in [1.54, 1.807) is 9.80 Å². The Bertz CT molecular complexity index is 2890. The molecule has 0 spiro atoms. The van der Waals surface area contributed by atoms with E-state index < -0.39 is 197 Å². The van der Waals surface area contributed by atoms with E-state index in [9.17, 15) is 103 Å². The Morgan fingerprint density at radius 2 is 0.748 bits per heavy atom. The molecule has 0 bridgehead atoms. The van der Waals surface area contributed by atoms with E-state index in [0.717, 1.165) is 19.4 Å². The molecular weight excluding hydrogens is 1550 g/mol. The van der Waals surface area contributed by atoms with Gasteiger partial charge in [0.2, 0.25) is 29.5 Å². The Hall–Kier alpha value is -3.12. The maximum Gasteiger partial charge on any atom is 0.472 e. The van der Waals surface area contributed by atoms with Crippen molar-refractivity contribution in [1.29, 1.82) is 0 Å². The summed E-state index contributed by atoms with van der Waals surface area (Å²) >= 11 is 0. The number of ether oxygens (including phenoxy) is 9. The lowest BCUT2D eigenvalue weighted by molar-refractivity contribution is -0.270. The molecule has 6 saturated heterocycles. The topological polar surface area (TPSA) is 584 Å². The molecular formula is C66H121N6O36P3. The molecule has 646 valence electrons. The van der Waals surface area contributed by atoms with Gasteiger partial charge < -0.3 is 139 Å². The SMILES string of the molecule is CC(=O)NC1C(OCCCCCN2CCC(OP(=O)(O)OCCCOCC(CO)(COCCCOP(=O)(O)OC3CCN(C(=O)CCCCOC4OC(CO)C(O)C(O)C4NC(C)=O)CC3)OCCOP(=O)(O)OC3CCN(C(=O)CCCCOC4OC(CO)C(O)C(O)C4NC(C)=O)CC3)CC2)OC(CO)C(O)C1O. The minimum atomic E-state index is -4.74. The first-order valence-corrected chi connectivity index (χ1v) is 42.5. The molecule has 19 unspecified atom stereocenters. The molecule has 6 aliphatic rings. The zero-order chi connectivity index (χ0) is 81.3. The molecule has 45 heteroatoms. The zero-order valence-electron chi connectivity index (χ0n) is 63.4. The molecule has 0 aromatic carbocycles. The Balaban J connectivity index is 0.889. The maximum atomic E-state index is 13.2. The monoisotopic (exact) mass is 1670 g/mol. The van der Waals surface area contributed by atoms with Gasteiger partial charge in [-0.1, -0.05) is 0 Å². The summed E-state index contributed by atoms with van der Waals surface area (Å²) in [6.07, 6.45) is -11.8. The standard InChI is InChI=1S/C66H121N6O36P3/c1-43(77)67-54-60(85)57(82)49(37-73)103-63(54)96-30-8-4-7-21-70-22-15-46(16-23-70)106-109(88,89)100-33-11-28-94-41-66(40-76,99-35-36-102-111(92,93)108-48-19-26-72(27-20-48)53(81)14-6-10-32-98-65-56(69-45(3)79)62(87)59(84)51(39-75)105-65)42-95-29-12-34-101-110(90,91)107-47-17-24-71(25-18-47)52(80)13-5-9-31-97-64-55(68-44(2)78)61(86)58(83)50(38-74)104-64/h46-51,54-65,73-76,82-87H,4-42H2,1-3H3,(H,67,77)(H,68,78)(H,69,79)(H,88,89)(H,90,91)(H,92,93). The number of nitrogens with zero attached hydrogens (tertiary/aromatic N) is 3. The van der Waals surface area contributed by atoms with Crippen molar-refractivity contribution in [1.82, 2.24) is 30.7 Å². The third-order valence-corrected chi connectivity index (χ3v) is 22.6. The highest BCUT2D eigenvalue weighted by Crippen LogP contribution is 2.48. The molecule has 19 atom stereocenters. The predicted molar refractivity (Wildman–Crippen MR) is 381 cm³/mol. The van der Waals surface area contributed by atoms with Crippen LogP contribution in [0.5, 0.6) is 0 Å². The summed E-state index contributed by atoms with van der Waals surface area (Å²) in [7, 11) is -13.9. The minimum absolute atomic E-state index is 0.0333. The van der Waals surface area contributed by atoms with Gasteiger partial charge in [0.15, 0.2) is 18.9 Å². The summed E-state index contributed by atoms with van der Waals surface area (Å²) in [5.41, 5.74) is -1.66. The third kappa shape index (κ3) is 33.7. The van der Waals surface area contributed by atoms with Crippen LogP contribution in [0.1, 0.15) is 130 Å². The van der Waals surface area contributed by atoms with Gasteiger partial charge >= 0.3 is 23.5 Å². The molecule has 6 fully saturated rings. The third-order valence-electron chi connectivity index (χ3n) is 19.4. The predicted octanol–water partition coefficient (Wildman–Crippen LogP) is -3.21. The highest BCUT2D eigenvalue weighted by molar-refractivity contribution is 7.48. The summed E-state index contributed by atoms with van der Waals surface area (Å²) in [6.45, 7) is 1.82. The summed E-state index contributed by atoms with van der Waals surface area (Å²) in [5, 5.41) is 109. The number of aliphatic hydroxyl groups is 10. The number of hydrogen-bond donors (Lipinski definition) is 16. The first-order valence-electron chi connectivity index (χ1n) is 38.0. The summed E-state index contributed by atoms with van der Waals surface area (Å²) < 4.78 is 123. The van der Waals surface area contributed by atoms with Crippen LogP contribution in [0, 0.1) is 0 Å². The van der Waals surface area contributed by atoms with E-state index in [4.69, 9.17) is 69.8 Å². The molecule has 6 rings (SSSR count). The van der Waals surface area contributed by atoms with Crippen LogP contribution < -0.4 is 16.0 Å². The van der Waals surface area contributed by atoms with Crippen LogP contribution in [0.3, 0.4) is 0 Å². The number of likely N-dealkylation sites (tertiary alicyclic amines) is 3. The second-order valence-corrected chi connectivity index (χ2v) is 32.5. The van der Waals surface area contributed by atoms with Crippen LogP contribution in [-0.2, 0) is 107 Å². The van der Waals surface area contributed by atoms with Crippen molar-refractivity contribution in [3.63, 3.8) is 0 Å². The fourth-order valence-electron chi connectivity index (χ4n) is 13.3. The van der Waals surface area contributed by atoms with Crippen molar-refractivity contribution in [2.75, 3.05) is 145 Å². The first-order chi connectivity index (χ1) is 52.8. The van der Waals surface area contributed by atoms with Crippen molar-refractivity contribution in [2.45, 2.75) is 246 Å². The molecule has 42 nitrogen and oxygen atoms in total. The number of phosphoric acid groups is 3. The average Bonchev–Trinajstić information content (AvgIpc) is 0.814. The minimum Gasteiger partial charge on any atom is -0.394 e. The molecule has 0 aromatic rings. The fourth-order valence-corrected chi connectivity index (χ4v) is 16.3. The van der Waals surface area contributed by atoms with E-state index >= 15 is 0 Å². The molecule has 0 radical (unpaired) electrons. The number of carbonyl (C=O) groups excluding carboxylic acids is 5. The van der Waals surface area contributed by atoms with Gasteiger partial charge in [-0.3, -0.25) is 51.1 Å². The van der Waals surface area contributed by atoms with Crippen molar-refractivity contribution in [3.8, 4) is 0 Å². The average molecular weight is 1670 g/mol. The number of rotatable bonds is 51. The highest BCUT2D eigenvalue weighted by atomic mass is 31.2. The molecule has 111 heavy (non-hydrogen) atoms. The number of carbonyl (C=O) groups is 5. The maximum absolute atomic E-state index is 13.2. The van der Waals surface area contributed by atoms with Crippen molar-refractivity contribution >= 4 is 53.0 Å². The van der Waals surface area contributed by atoms with Crippen LogP contribution in [0.4, 0.5) is 0 Å². The molecule has 0 aliphatic carbocycles. The molecule has 6 heterocycles. The van der Waals surface area contributed by atoms with Gasteiger partial charge in [0.05, 0.1) is 84.4 Å². The second kappa shape index (κ2) is 49.3. The summed E-state index contributed by atoms with van der Waals surface area (Å²) in [5.74, 6) is -1.82. The first kappa shape index (κ1) is 96.7. The fraction of sp³-hybridized carbons (Fsp3) is 0.924. The van der Waals surface area contributed by atoms with E-state index in [1.165, 1.54) is 20.8 Å². The van der Waals surface area contributed by atoms with Gasteiger partial charge in [0, 0.05) is 106 Å². The lowest BCUT2D eigenvalue weighted by atomic mass is 9.97. The smallest absolute Gasteiger partial charge is 0.394 e. The van der Waals surface area contributed by atoms with Crippen molar-refractivity contribution < 1.29 is 173 Å². The Kier molecular flexibility index (Phi) is 43.0. The van der Waals surface area contributed by atoms with Crippen LogP contribution in [-0.4, -0.2) is 371 Å².